The Balaban J connectivity index is 1.70. The second-order valence-corrected chi connectivity index (χ2v) is 6.46. The van der Waals surface area contributed by atoms with Crippen LogP contribution in [-0.4, -0.2) is 41.0 Å². The first-order chi connectivity index (χ1) is 8.74. The molecule has 1 atom stereocenters. The molecule has 0 bridgehead atoms. The number of hydrogen-bond acceptors (Lipinski definition) is 4. The molecule has 0 spiro atoms. The minimum atomic E-state index is 0.178. The van der Waals surface area contributed by atoms with E-state index in [4.69, 9.17) is 0 Å². The Morgan fingerprint density at radius 2 is 2.39 bits per heavy atom. The van der Waals surface area contributed by atoms with Gasteiger partial charge in [-0.25, -0.2) is 4.98 Å². The van der Waals surface area contributed by atoms with E-state index >= 15 is 0 Å². The number of aromatic nitrogens is 1. The second-order valence-electron chi connectivity index (χ2n) is 5.23. The first-order valence-electron chi connectivity index (χ1n) is 6.71. The van der Waals surface area contributed by atoms with Crippen molar-refractivity contribution in [2.75, 3.05) is 13.1 Å². The Bertz CT molecular complexity index is 435. The highest BCUT2D eigenvalue weighted by Gasteiger charge is 2.35. The molecule has 1 saturated carbocycles. The third-order valence-electron chi connectivity index (χ3n) is 3.66. The third kappa shape index (κ3) is 2.57. The average molecular weight is 265 g/mol. The molecule has 1 aromatic rings. The van der Waals surface area contributed by atoms with Crippen LogP contribution in [0.25, 0.3) is 0 Å². The fourth-order valence-electron chi connectivity index (χ4n) is 2.54. The fourth-order valence-corrected chi connectivity index (χ4v) is 3.27. The fraction of sp³-hybridized carbons (Fsp3) is 0.692. The zero-order valence-corrected chi connectivity index (χ0v) is 11.5. The molecule has 3 rings (SSSR count). The summed E-state index contributed by atoms with van der Waals surface area (Å²) in [7, 11) is 0. The molecule has 1 aliphatic carbocycles. The van der Waals surface area contributed by atoms with Crippen LogP contribution in [-0.2, 0) is 0 Å². The van der Waals surface area contributed by atoms with Gasteiger partial charge in [0.1, 0.15) is 4.88 Å². The van der Waals surface area contributed by atoms with Crippen LogP contribution in [0.2, 0.25) is 0 Å². The molecule has 4 nitrogen and oxygen atoms in total. The van der Waals surface area contributed by atoms with Crippen molar-refractivity contribution < 1.29 is 4.79 Å². The molecule has 1 saturated heterocycles. The largest absolute Gasteiger partial charge is 0.333 e. The highest BCUT2D eigenvalue weighted by atomic mass is 32.1. The van der Waals surface area contributed by atoms with Crippen LogP contribution in [0.15, 0.2) is 6.20 Å². The Hall–Kier alpha value is -0.940. The number of nitrogens with one attached hydrogen (secondary N) is 1. The average Bonchev–Trinajstić information content (AvgIpc) is 2.88. The summed E-state index contributed by atoms with van der Waals surface area (Å²) in [5, 5.41) is 4.44. The van der Waals surface area contributed by atoms with Crippen LogP contribution < -0.4 is 5.32 Å². The van der Waals surface area contributed by atoms with Gasteiger partial charge in [0.2, 0.25) is 0 Å². The van der Waals surface area contributed by atoms with E-state index in [1.807, 2.05) is 6.92 Å². The second kappa shape index (κ2) is 4.97. The summed E-state index contributed by atoms with van der Waals surface area (Å²) in [6.07, 6.45) is 6.47. The van der Waals surface area contributed by atoms with Gasteiger partial charge < -0.3 is 10.2 Å². The molecule has 18 heavy (non-hydrogen) atoms. The summed E-state index contributed by atoms with van der Waals surface area (Å²) in [6.45, 7) is 3.90. The van der Waals surface area contributed by atoms with Gasteiger partial charge >= 0.3 is 0 Å². The molecule has 2 aliphatic rings. The van der Waals surface area contributed by atoms with Crippen molar-refractivity contribution in [2.45, 2.75) is 44.7 Å². The predicted molar refractivity (Wildman–Crippen MR) is 71.9 cm³/mol. The van der Waals surface area contributed by atoms with Crippen LogP contribution in [0.5, 0.6) is 0 Å². The molecular weight excluding hydrogens is 246 g/mol. The van der Waals surface area contributed by atoms with Crippen molar-refractivity contribution in [3.05, 3.63) is 16.1 Å². The van der Waals surface area contributed by atoms with E-state index in [0.29, 0.717) is 12.1 Å². The molecule has 1 aliphatic heterocycles. The van der Waals surface area contributed by atoms with Gasteiger partial charge in [0.15, 0.2) is 0 Å². The molecule has 0 radical (unpaired) electrons. The number of carbonyl (C=O) groups excluding carboxylic acids is 1. The summed E-state index contributed by atoms with van der Waals surface area (Å²) < 4.78 is 0. The summed E-state index contributed by atoms with van der Waals surface area (Å²) in [5.74, 6) is 0.178. The van der Waals surface area contributed by atoms with E-state index in [1.54, 1.807) is 6.20 Å². The van der Waals surface area contributed by atoms with Crippen LogP contribution in [0.1, 0.15) is 40.4 Å². The Morgan fingerprint density at radius 3 is 2.94 bits per heavy atom. The summed E-state index contributed by atoms with van der Waals surface area (Å²) >= 11 is 1.50. The van der Waals surface area contributed by atoms with Gasteiger partial charge in [-0.2, -0.15) is 0 Å². The van der Waals surface area contributed by atoms with E-state index < -0.39 is 0 Å². The van der Waals surface area contributed by atoms with Gasteiger partial charge in [-0.3, -0.25) is 4.79 Å². The monoisotopic (exact) mass is 265 g/mol. The lowest BCUT2D eigenvalue weighted by atomic mass is 10.2. The predicted octanol–water partition coefficient (Wildman–Crippen LogP) is 1.81. The highest BCUT2D eigenvalue weighted by molar-refractivity contribution is 7.13. The number of amides is 1. The maximum absolute atomic E-state index is 12.5. The van der Waals surface area contributed by atoms with Crippen LogP contribution in [0.3, 0.4) is 0 Å². The number of rotatable bonds is 4. The van der Waals surface area contributed by atoms with E-state index in [1.165, 1.54) is 24.2 Å². The molecule has 1 amide bonds. The normalized spacial score (nSPS) is 23.3. The Labute approximate surface area is 111 Å². The smallest absolute Gasteiger partial charge is 0.265 e. The van der Waals surface area contributed by atoms with Gasteiger partial charge in [0, 0.05) is 18.6 Å². The Morgan fingerprint density at radius 1 is 1.56 bits per heavy atom. The standard InChI is InChI=1S/C13H19N3OS/c1-9-15-7-12(18-9)13(17)16(11-4-5-11)8-10-3-2-6-14-10/h7,10-11,14H,2-6,8H2,1H3. The molecule has 5 heteroatoms. The topological polar surface area (TPSA) is 45.2 Å². The quantitative estimate of drug-likeness (QED) is 0.903. The van der Waals surface area contributed by atoms with Gasteiger partial charge in [-0.05, 0) is 39.2 Å². The van der Waals surface area contributed by atoms with Gasteiger partial charge in [0.25, 0.3) is 5.91 Å². The minimum Gasteiger partial charge on any atom is -0.333 e. The molecule has 98 valence electrons. The SMILES string of the molecule is Cc1ncc(C(=O)N(CC2CCCN2)C2CC2)s1. The molecule has 1 aromatic heterocycles. The van der Waals surface area contributed by atoms with Crippen LogP contribution >= 0.6 is 11.3 Å². The van der Waals surface area contributed by atoms with Crippen molar-refractivity contribution in [3.8, 4) is 0 Å². The van der Waals surface area contributed by atoms with Crippen molar-refractivity contribution in [1.82, 2.24) is 15.2 Å². The number of nitrogens with zero attached hydrogens (tertiary/aromatic N) is 2. The van der Waals surface area contributed by atoms with Crippen molar-refractivity contribution >= 4 is 17.2 Å². The van der Waals surface area contributed by atoms with E-state index in [9.17, 15) is 4.79 Å². The molecule has 1 unspecified atom stereocenters. The number of hydrogen-bond donors (Lipinski definition) is 1. The van der Waals surface area contributed by atoms with Gasteiger partial charge in [0.05, 0.1) is 11.2 Å². The van der Waals surface area contributed by atoms with Crippen LogP contribution in [0, 0.1) is 6.92 Å². The van der Waals surface area contributed by atoms with E-state index in [-0.39, 0.29) is 5.91 Å². The lowest BCUT2D eigenvalue weighted by Crippen LogP contribution is -2.42. The van der Waals surface area contributed by atoms with E-state index in [2.05, 4.69) is 15.2 Å². The zero-order chi connectivity index (χ0) is 12.5. The van der Waals surface area contributed by atoms with Crippen molar-refractivity contribution in [2.24, 2.45) is 0 Å². The summed E-state index contributed by atoms with van der Waals surface area (Å²) in [4.78, 5) is 19.5. The Kier molecular flexibility index (Phi) is 3.35. The molecule has 2 fully saturated rings. The maximum Gasteiger partial charge on any atom is 0.265 e. The van der Waals surface area contributed by atoms with Crippen molar-refractivity contribution in [3.63, 3.8) is 0 Å². The molecule has 2 heterocycles. The lowest BCUT2D eigenvalue weighted by molar-refractivity contribution is 0.0733. The molecular formula is C13H19N3OS. The molecule has 0 aromatic carbocycles. The highest BCUT2D eigenvalue weighted by Crippen LogP contribution is 2.30. The van der Waals surface area contributed by atoms with Gasteiger partial charge in [-0.15, -0.1) is 11.3 Å². The van der Waals surface area contributed by atoms with Crippen LogP contribution in [0.4, 0.5) is 0 Å². The zero-order valence-electron chi connectivity index (χ0n) is 10.7. The van der Waals surface area contributed by atoms with Gasteiger partial charge in [-0.1, -0.05) is 0 Å². The minimum absolute atomic E-state index is 0.178. The number of carbonyl (C=O) groups is 1. The summed E-state index contributed by atoms with van der Waals surface area (Å²) in [5.41, 5.74) is 0. The van der Waals surface area contributed by atoms with E-state index in [0.717, 1.165) is 35.8 Å². The molecule has 1 N–H and O–H groups in total. The lowest BCUT2D eigenvalue weighted by Gasteiger charge is -2.25. The first-order valence-corrected chi connectivity index (χ1v) is 7.52. The number of aryl methyl sites for hydroxylation is 1. The van der Waals surface area contributed by atoms with Crippen molar-refractivity contribution in [1.29, 1.82) is 0 Å². The number of thiazole rings is 1. The maximum atomic E-state index is 12.5. The third-order valence-corrected chi connectivity index (χ3v) is 4.56. The first kappa shape index (κ1) is 12.1. The summed E-state index contributed by atoms with van der Waals surface area (Å²) in [6, 6.07) is 0.964.